The second-order valence-electron chi connectivity index (χ2n) is 3.00. The third-order valence-corrected chi connectivity index (χ3v) is 2.54. The lowest BCUT2D eigenvalue weighted by Crippen LogP contribution is -2.10. The third-order valence-electron chi connectivity index (χ3n) is 1.81. The number of nitrogens with one attached hydrogen (secondary N) is 1. The average Bonchev–Trinajstić information content (AvgIpc) is 2.23. The summed E-state index contributed by atoms with van der Waals surface area (Å²) in [7, 11) is 0. The van der Waals surface area contributed by atoms with E-state index in [9.17, 15) is 17.6 Å². The highest BCUT2D eigenvalue weighted by Gasteiger charge is 2.27. The summed E-state index contributed by atoms with van der Waals surface area (Å²) in [6.07, 6.45) is 0. The van der Waals surface area contributed by atoms with E-state index in [-0.39, 0.29) is 35.3 Å². The van der Waals surface area contributed by atoms with Crippen LogP contribution in [-0.4, -0.2) is 17.8 Å². The molecule has 0 aliphatic carbocycles. The number of thioether (sulfide) groups is 1. The Bertz CT molecular complexity index is 425. The Labute approximate surface area is 99.6 Å². The summed E-state index contributed by atoms with van der Waals surface area (Å²) < 4.78 is 48.5. The molecule has 0 saturated carbocycles. The van der Waals surface area contributed by atoms with Gasteiger partial charge in [0.25, 0.3) is 0 Å². The quantitative estimate of drug-likeness (QED) is 0.669. The predicted octanol–water partition coefficient (Wildman–Crippen LogP) is 3.36. The predicted molar refractivity (Wildman–Crippen MR) is 58.1 cm³/mol. The van der Waals surface area contributed by atoms with Gasteiger partial charge in [-0.05, 0) is 23.9 Å². The first-order valence-electron chi connectivity index (χ1n) is 4.57. The smallest absolute Gasteiger partial charge is 0.383 e. The molecule has 1 aromatic rings. The summed E-state index contributed by atoms with van der Waals surface area (Å²) in [5.41, 5.74) is -4.26. The van der Waals surface area contributed by atoms with E-state index < -0.39 is 11.3 Å². The van der Waals surface area contributed by atoms with Crippen molar-refractivity contribution in [2.45, 2.75) is 5.51 Å². The highest BCUT2D eigenvalue weighted by molar-refractivity contribution is 8.00. The van der Waals surface area contributed by atoms with Crippen LogP contribution in [0.15, 0.2) is 18.2 Å². The van der Waals surface area contributed by atoms with Crippen LogP contribution < -0.4 is 5.32 Å². The second-order valence-corrected chi connectivity index (χ2v) is 4.16. The summed E-state index contributed by atoms with van der Waals surface area (Å²) in [6.45, 7) is 0.00229. The highest BCUT2D eigenvalue weighted by atomic mass is 32.2. The Hall–Kier alpha value is -1.42. The summed E-state index contributed by atoms with van der Waals surface area (Å²) in [6, 6.07) is 5.60. The van der Waals surface area contributed by atoms with Gasteiger partial charge in [0, 0.05) is 12.3 Å². The number of halogens is 4. The minimum atomic E-state index is -4.28. The molecule has 0 spiro atoms. The molecule has 0 unspecified atom stereocenters. The number of anilines is 1. The van der Waals surface area contributed by atoms with Crippen molar-refractivity contribution in [2.75, 3.05) is 17.6 Å². The average molecular weight is 264 g/mol. The molecule has 0 heterocycles. The van der Waals surface area contributed by atoms with Gasteiger partial charge in [-0.15, -0.1) is 0 Å². The van der Waals surface area contributed by atoms with E-state index in [2.05, 4.69) is 5.32 Å². The van der Waals surface area contributed by atoms with Crippen molar-refractivity contribution in [1.82, 2.24) is 0 Å². The van der Waals surface area contributed by atoms with Gasteiger partial charge in [0.2, 0.25) is 0 Å². The van der Waals surface area contributed by atoms with Crippen LogP contribution >= 0.6 is 11.8 Å². The van der Waals surface area contributed by atoms with E-state index >= 15 is 0 Å². The van der Waals surface area contributed by atoms with Gasteiger partial charge in [0.05, 0.1) is 5.69 Å². The van der Waals surface area contributed by atoms with Gasteiger partial charge < -0.3 is 5.32 Å². The fraction of sp³-hybridized carbons (Fsp3) is 0.300. The molecule has 17 heavy (non-hydrogen) atoms. The largest absolute Gasteiger partial charge is 0.441 e. The molecule has 0 atom stereocenters. The van der Waals surface area contributed by atoms with Gasteiger partial charge in [0.15, 0.2) is 0 Å². The molecule has 1 aromatic carbocycles. The SMILES string of the molecule is N#Cc1c(F)cccc1NCCSC(F)(F)F. The van der Waals surface area contributed by atoms with E-state index in [4.69, 9.17) is 5.26 Å². The van der Waals surface area contributed by atoms with Crippen molar-refractivity contribution in [3.8, 4) is 6.07 Å². The maximum Gasteiger partial charge on any atom is 0.441 e. The molecular formula is C10H8F4N2S. The van der Waals surface area contributed by atoms with Crippen LogP contribution in [0.2, 0.25) is 0 Å². The zero-order valence-corrected chi connectivity index (χ0v) is 9.33. The third kappa shape index (κ3) is 4.53. The Kier molecular flexibility index (Phi) is 4.63. The zero-order valence-electron chi connectivity index (χ0n) is 8.51. The van der Waals surface area contributed by atoms with Crippen molar-refractivity contribution in [3.63, 3.8) is 0 Å². The summed E-state index contributed by atoms with van der Waals surface area (Å²) in [4.78, 5) is 0. The lowest BCUT2D eigenvalue weighted by atomic mass is 10.2. The molecule has 0 bridgehead atoms. The molecule has 0 aliphatic rings. The minimum Gasteiger partial charge on any atom is -0.383 e. The van der Waals surface area contributed by atoms with Gasteiger partial charge in [-0.25, -0.2) is 4.39 Å². The maximum atomic E-state index is 13.1. The van der Waals surface area contributed by atoms with Gasteiger partial charge in [-0.3, -0.25) is 0 Å². The summed E-state index contributed by atoms with van der Waals surface area (Å²) in [5, 5.41) is 11.3. The number of nitriles is 1. The lowest BCUT2D eigenvalue weighted by molar-refractivity contribution is -0.0327. The van der Waals surface area contributed by atoms with Crippen molar-refractivity contribution in [1.29, 1.82) is 5.26 Å². The normalized spacial score (nSPS) is 11.0. The van der Waals surface area contributed by atoms with Crippen LogP contribution in [-0.2, 0) is 0 Å². The minimum absolute atomic E-state index is 0.00229. The van der Waals surface area contributed by atoms with Gasteiger partial charge >= 0.3 is 5.51 Å². The van der Waals surface area contributed by atoms with E-state index in [1.165, 1.54) is 12.1 Å². The van der Waals surface area contributed by atoms with Crippen molar-refractivity contribution in [3.05, 3.63) is 29.6 Å². The number of hydrogen-bond donors (Lipinski definition) is 1. The topological polar surface area (TPSA) is 35.8 Å². The van der Waals surface area contributed by atoms with Crippen molar-refractivity contribution >= 4 is 17.4 Å². The van der Waals surface area contributed by atoms with E-state index in [1.807, 2.05) is 0 Å². The molecule has 1 rings (SSSR count). The number of alkyl halides is 3. The molecule has 92 valence electrons. The molecule has 0 radical (unpaired) electrons. The Morgan fingerprint density at radius 2 is 2.06 bits per heavy atom. The zero-order chi connectivity index (χ0) is 12.9. The number of nitrogens with zero attached hydrogens (tertiary/aromatic N) is 1. The van der Waals surface area contributed by atoms with Gasteiger partial charge in [0.1, 0.15) is 17.4 Å². The highest BCUT2D eigenvalue weighted by Crippen LogP contribution is 2.29. The number of rotatable bonds is 4. The van der Waals surface area contributed by atoms with E-state index in [0.717, 1.165) is 6.07 Å². The van der Waals surface area contributed by atoms with Crippen molar-refractivity contribution in [2.24, 2.45) is 0 Å². The maximum absolute atomic E-state index is 13.1. The molecule has 0 aliphatic heterocycles. The molecule has 1 N–H and O–H groups in total. The van der Waals surface area contributed by atoms with Crippen LogP contribution in [0.1, 0.15) is 5.56 Å². The fourth-order valence-electron chi connectivity index (χ4n) is 1.14. The van der Waals surface area contributed by atoms with E-state index in [1.54, 1.807) is 6.07 Å². The molecule has 0 amide bonds. The van der Waals surface area contributed by atoms with Crippen LogP contribution in [0.4, 0.5) is 23.2 Å². The van der Waals surface area contributed by atoms with Crippen molar-refractivity contribution < 1.29 is 17.6 Å². The van der Waals surface area contributed by atoms with Crippen LogP contribution in [0, 0.1) is 17.1 Å². The van der Waals surface area contributed by atoms with Crippen LogP contribution in [0.3, 0.4) is 0 Å². The standard InChI is InChI=1S/C10H8F4N2S/c11-8-2-1-3-9(7(8)6-15)16-4-5-17-10(12,13)14/h1-3,16H,4-5H2. The van der Waals surface area contributed by atoms with Gasteiger partial charge in [-0.1, -0.05) is 6.07 Å². The Balaban J connectivity index is 2.53. The lowest BCUT2D eigenvalue weighted by Gasteiger charge is -2.09. The summed E-state index contributed by atoms with van der Waals surface area (Å²) >= 11 is -0.169. The van der Waals surface area contributed by atoms with Crippen LogP contribution in [0.25, 0.3) is 0 Å². The van der Waals surface area contributed by atoms with Crippen LogP contribution in [0.5, 0.6) is 0 Å². The second kappa shape index (κ2) is 5.77. The van der Waals surface area contributed by atoms with E-state index in [0.29, 0.717) is 0 Å². The number of hydrogen-bond acceptors (Lipinski definition) is 3. The Morgan fingerprint density at radius 3 is 2.65 bits per heavy atom. The fourth-order valence-corrected chi connectivity index (χ4v) is 1.57. The van der Waals surface area contributed by atoms with Gasteiger partial charge in [-0.2, -0.15) is 18.4 Å². The molecular weight excluding hydrogens is 256 g/mol. The first-order valence-corrected chi connectivity index (χ1v) is 5.56. The number of benzene rings is 1. The molecule has 0 aromatic heterocycles. The molecule has 0 saturated heterocycles. The summed E-state index contributed by atoms with van der Waals surface area (Å²) in [5.74, 6) is -0.897. The Morgan fingerprint density at radius 1 is 1.35 bits per heavy atom. The molecule has 2 nitrogen and oxygen atoms in total. The molecule has 7 heteroatoms. The first-order chi connectivity index (χ1) is 7.94. The first kappa shape index (κ1) is 13.6. The monoisotopic (exact) mass is 264 g/mol. The molecule has 0 fully saturated rings.